The molecular formula is C8H11N3. The van der Waals surface area contributed by atoms with Crippen LogP contribution in [0.4, 0.5) is 5.69 Å². The van der Waals surface area contributed by atoms with Crippen LogP contribution in [0.15, 0.2) is 40.7 Å². The fourth-order valence-corrected chi connectivity index (χ4v) is 0.591. The van der Waals surface area contributed by atoms with Gasteiger partial charge in [0, 0.05) is 22.2 Å². The predicted molar refractivity (Wildman–Crippen MR) is 44.6 cm³/mol. The monoisotopic (exact) mass is 155 g/mol. The number of nitrogens with zero attached hydrogens (tertiary/aromatic N) is 3. The maximum atomic E-state index is 7.06. The molecule has 0 aromatic heterocycles. The van der Waals surface area contributed by atoms with Gasteiger partial charge in [-0.05, 0) is 12.1 Å². The molecule has 0 heterocycles. The van der Waals surface area contributed by atoms with Gasteiger partial charge in [0.25, 0.3) is 0 Å². The summed E-state index contributed by atoms with van der Waals surface area (Å²) in [5, 5.41) is 6.87. The van der Waals surface area contributed by atoms with Crippen molar-refractivity contribution < 1.29 is 8.22 Å². The van der Waals surface area contributed by atoms with E-state index in [1.165, 1.54) is 0 Å². The van der Waals surface area contributed by atoms with Crippen molar-refractivity contribution in [2.75, 3.05) is 14.0 Å². The zero-order valence-corrected chi connectivity index (χ0v) is 5.73. The third-order valence-corrected chi connectivity index (χ3v) is 1.01. The highest BCUT2D eigenvalue weighted by molar-refractivity contribution is 5.34. The largest absolute Gasteiger partial charge is 0.285 e. The molecule has 0 spiro atoms. The van der Waals surface area contributed by atoms with Crippen molar-refractivity contribution >= 4 is 5.69 Å². The van der Waals surface area contributed by atoms with E-state index in [4.69, 9.17) is 8.22 Å². The van der Waals surface area contributed by atoms with Crippen LogP contribution in [0.3, 0.4) is 0 Å². The molecule has 0 unspecified atom stereocenters. The summed E-state index contributed by atoms with van der Waals surface area (Å²) in [5.74, 6) is 0. The van der Waals surface area contributed by atoms with Crippen molar-refractivity contribution in [3.05, 3.63) is 30.3 Å². The normalized spacial score (nSPS) is 20.7. The zero-order valence-electron chi connectivity index (χ0n) is 11.7. The molecule has 3 nitrogen and oxygen atoms in total. The highest BCUT2D eigenvalue weighted by Crippen LogP contribution is 2.09. The molecule has 11 heavy (non-hydrogen) atoms. The van der Waals surface area contributed by atoms with E-state index in [-0.39, 0.29) is 5.01 Å². The second-order valence-corrected chi connectivity index (χ2v) is 1.84. The molecule has 0 saturated heterocycles. The summed E-state index contributed by atoms with van der Waals surface area (Å²) in [7, 11) is 0. The van der Waals surface area contributed by atoms with E-state index in [1.54, 1.807) is 30.3 Å². The quantitative estimate of drug-likeness (QED) is 0.475. The van der Waals surface area contributed by atoms with Crippen LogP contribution in [-0.2, 0) is 0 Å². The molecule has 0 aliphatic heterocycles. The second-order valence-electron chi connectivity index (χ2n) is 1.84. The first-order chi connectivity index (χ1) is 7.71. The Morgan fingerprint density at radius 2 is 2.00 bits per heavy atom. The molecule has 1 rings (SSSR count). The number of rotatable bonds is 2. The van der Waals surface area contributed by atoms with Crippen LogP contribution in [0.1, 0.15) is 8.22 Å². The van der Waals surface area contributed by atoms with Gasteiger partial charge in [0.2, 0.25) is 0 Å². The van der Waals surface area contributed by atoms with Crippen LogP contribution in [0.5, 0.6) is 0 Å². The number of hydrogen-bond acceptors (Lipinski definition) is 2. The summed E-state index contributed by atoms with van der Waals surface area (Å²) in [6.07, 6.45) is 0. The SMILES string of the molecule is [2H]C([2H])([2H])N(N=Nc1ccccc1)C([2H])([2H])[2H]. The van der Waals surface area contributed by atoms with Crippen LogP contribution in [0.2, 0.25) is 0 Å². The molecule has 0 aliphatic rings. The van der Waals surface area contributed by atoms with Crippen LogP contribution >= 0.6 is 0 Å². The van der Waals surface area contributed by atoms with Gasteiger partial charge in [-0.1, -0.05) is 23.4 Å². The van der Waals surface area contributed by atoms with E-state index >= 15 is 0 Å². The molecule has 0 bridgehead atoms. The highest BCUT2D eigenvalue weighted by Gasteiger charge is 1.83. The van der Waals surface area contributed by atoms with Gasteiger partial charge in [0.05, 0.1) is 5.69 Å². The Balaban J connectivity index is 2.92. The van der Waals surface area contributed by atoms with Crippen LogP contribution in [-0.4, -0.2) is 19.0 Å². The maximum Gasteiger partial charge on any atom is 0.0874 e. The summed E-state index contributed by atoms with van der Waals surface area (Å²) in [5.41, 5.74) is 0.381. The molecule has 0 atom stereocenters. The third kappa shape index (κ3) is 2.80. The second kappa shape index (κ2) is 3.71. The van der Waals surface area contributed by atoms with Crippen molar-refractivity contribution in [3.63, 3.8) is 0 Å². The van der Waals surface area contributed by atoms with Gasteiger partial charge in [-0.25, -0.2) is 0 Å². The minimum atomic E-state index is -2.86. The van der Waals surface area contributed by atoms with E-state index in [9.17, 15) is 0 Å². The van der Waals surface area contributed by atoms with Crippen molar-refractivity contribution in [2.24, 2.45) is 10.3 Å². The minimum Gasteiger partial charge on any atom is -0.285 e. The van der Waals surface area contributed by atoms with Gasteiger partial charge < -0.3 is 0 Å². The molecule has 0 fully saturated rings. The number of hydrogen-bond donors (Lipinski definition) is 0. The Morgan fingerprint density at radius 3 is 2.64 bits per heavy atom. The summed E-state index contributed by atoms with van der Waals surface area (Å²) in [4.78, 5) is 0. The standard InChI is InChI=1S/C8H11N3/c1-11(2)10-9-8-6-4-3-5-7-8/h3-7H,1-2H3/i1D3,2D3. The average molecular weight is 155 g/mol. The molecule has 0 saturated carbocycles. The first-order valence-electron chi connectivity index (χ1n) is 5.98. The lowest BCUT2D eigenvalue weighted by molar-refractivity contribution is 0.408. The summed E-state index contributed by atoms with van der Waals surface area (Å²) >= 11 is 0. The summed E-state index contributed by atoms with van der Waals surface area (Å²) in [6.45, 7) is -5.72. The molecule has 3 heteroatoms. The van der Waals surface area contributed by atoms with Gasteiger partial charge >= 0.3 is 0 Å². The number of benzene rings is 1. The fourth-order valence-electron chi connectivity index (χ4n) is 0.591. The molecule has 58 valence electrons. The minimum absolute atomic E-state index is 0.0347. The van der Waals surface area contributed by atoms with E-state index in [0.29, 0.717) is 5.69 Å². The van der Waals surface area contributed by atoms with Gasteiger partial charge in [-0.15, -0.1) is 5.11 Å². The smallest absolute Gasteiger partial charge is 0.0874 e. The Labute approximate surface area is 74.8 Å². The van der Waals surface area contributed by atoms with Crippen LogP contribution < -0.4 is 0 Å². The van der Waals surface area contributed by atoms with E-state index < -0.39 is 14.0 Å². The van der Waals surface area contributed by atoms with Gasteiger partial charge in [-0.2, -0.15) is 0 Å². The molecule has 0 N–H and O–H groups in total. The van der Waals surface area contributed by atoms with Crippen LogP contribution in [0.25, 0.3) is 0 Å². The van der Waals surface area contributed by atoms with E-state index in [1.807, 2.05) is 0 Å². The zero-order chi connectivity index (χ0) is 13.1. The van der Waals surface area contributed by atoms with Gasteiger partial charge in [0.1, 0.15) is 0 Å². The first kappa shape index (κ1) is 2.93. The van der Waals surface area contributed by atoms with Crippen LogP contribution in [0, 0.1) is 0 Å². The summed E-state index contributed by atoms with van der Waals surface area (Å²) in [6, 6.07) is 8.29. The molecule has 1 aromatic rings. The van der Waals surface area contributed by atoms with Crippen molar-refractivity contribution in [1.82, 2.24) is 5.01 Å². The lowest BCUT2D eigenvalue weighted by Gasteiger charge is -1.99. The molecular weight excluding hydrogens is 138 g/mol. The molecule has 0 radical (unpaired) electrons. The fraction of sp³-hybridized carbons (Fsp3) is 0.250. The third-order valence-electron chi connectivity index (χ3n) is 1.01. The van der Waals surface area contributed by atoms with Gasteiger partial charge in [-0.3, -0.25) is 5.01 Å². The summed E-state index contributed by atoms with van der Waals surface area (Å²) < 4.78 is 42.3. The molecule has 0 aliphatic carbocycles. The first-order valence-corrected chi connectivity index (χ1v) is 2.98. The van der Waals surface area contributed by atoms with Crippen molar-refractivity contribution in [1.29, 1.82) is 0 Å². The lowest BCUT2D eigenvalue weighted by Crippen LogP contribution is -1.98. The van der Waals surface area contributed by atoms with E-state index in [2.05, 4.69) is 10.3 Å². The Bertz CT molecular complexity index is 368. The average Bonchev–Trinajstić information content (AvgIpc) is 2.15. The Kier molecular flexibility index (Phi) is 0.987. The van der Waals surface area contributed by atoms with E-state index in [0.717, 1.165) is 0 Å². The predicted octanol–water partition coefficient (Wildman–Crippen LogP) is 2.25. The topological polar surface area (TPSA) is 28.0 Å². The van der Waals surface area contributed by atoms with Crippen molar-refractivity contribution in [3.8, 4) is 0 Å². The highest BCUT2D eigenvalue weighted by atomic mass is 15.5. The lowest BCUT2D eigenvalue weighted by atomic mass is 10.3. The maximum absolute atomic E-state index is 7.06. The molecule has 1 aromatic carbocycles. The van der Waals surface area contributed by atoms with Crippen molar-refractivity contribution in [2.45, 2.75) is 0 Å². The Hall–Kier alpha value is -1.38. The van der Waals surface area contributed by atoms with Gasteiger partial charge in [0.15, 0.2) is 0 Å². The molecule has 0 amide bonds. The Morgan fingerprint density at radius 1 is 1.27 bits per heavy atom.